The average Bonchev–Trinajstić information content (AvgIpc) is 3.09. The predicted molar refractivity (Wildman–Crippen MR) is 84.2 cm³/mol. The van der Waals surface area contributed by atoms with Gasteiger partial charge in [0, 0.05) is 13.0 Å². The van der Waals surface area contributed by atoms with Gasteiger partial charge in [0.2, 0.25) is 5.91 Å². The van der Waals surface area contributed by atoms with Gasteiger partial charge in [-0.25, -0.2) is 9.78 Å². The number of benzene rings is 1. The SMILES string of the molecule is CC(NC(=O)c1ccccc1N1CCC(=O)NC1=O)c1ncn[nH]1. The second-order valence-corrected chi connectivity index (χ2v) is 5.34. The van der Waals surface area contributed by atoms with Crippen LogP contribution < -0.4 is 15.5 Å². The molecule has 1 saturated heterocycles. The number of rotatable bonds is 4. The van der Waals surface area contributed by atoms with Crippen LogP contribution in [-0.4, -0.2) is 39.6 Å². The zero-order chi connectivity index (χ0) is 17.1. The largest absolute Gasteiger partial charge is 0.342 e. The third kappa shape index (κ3) is 3.09. The Kier molecular flexibility index (Phi) is 4.23. The number of aromatic amines is 1. The molecule has 0 bridgehead atoms. The molecule has 1 unspecified atom stereocenters. The van der Waals surface area contributed by atoms with Crippen molar-refractivity contribution in [1.82, 2.24) is 25.8 Å². The smallest absolute Gasteiger partial charge is 0.328 e. The third-order valence-corrected chi connectivity index (χ3v) is 3.68. The van der Waals surface area contributed by atoms with Gasteiger partial charge in [0.1, 0.15) is 12.2 Å². The van der Waals surface area contributed by atoms with Crippen molar-refractivity contribution in [1.29, 1.82) is 0 Å². The van der Waals surface area contributed by atoms with Crippen LogP contribution in [0.1, 0.15) is 35.6 Å². The van der Waals surface area contributed by atoms with E-state index in [0.717, 1.165) is 0 Å². The predicted octanol–water partition coefficient (Wildman–Crippen LogP) is 0.742. The summed E-state index contributed by atoms with van der Waals surface area (Å²) in [6.07, 6.45) is 1.55. The summed E-state index contributed by atoms with van der Waals surface area (Å²) >= 11 is 0. The maximum Gasteiger partial charge on any atom is 0.328 e. The van der Waals surface area contributed by atoms with E-state index in [0.29, 0.717) is 17.1 Å². The first-order valence-electron chi connectivity index (χ1n) is 7.43. The number of urea groups is 1. The Morgan fingerprint density at radius 1 is 1.33 bits per heavy atom. The fourth-order valence-electron chi connectivity index (χ4n) is 2.46. The summed E-state index contributed by atoms with van der Waals surface area (Å²) in [4.78, 5) is 41.3. The van der Waals surface area contributed by atoms with Gasteiger partial charge in [-0.2, -0.15) is 5.10 Å². The lowest BCUT2D eigenvalue weighted by molar-refractivity contribution is -0.120. The fourth-order valence-corrected chi connectivity index (χ4v) is 2.46. The van der Waals surface area contributed by atoms with Crippen molar-refractivity contribution in [2.75, 3.05) is 11.4 Å². The van der Waals surface area contributed by atoms with E-state index >= 15 is 0 Å². The van der Waals surface area contributed by atoms with Crippen LogP contribution in [0.5, 0.6) is 0 Å². The molecule has 9 nitrogen and oxygen atoms in total. The number of anilines is 1. The highest BCUT2D eigenvalue weighted by Gasteiger charge is 2.27. The number of hydrogen-bond acceptors (Lipinski definition) is 5. The quantitative estimate of drug-likeness (QED) is 0.764. The molecular formula is C15H16N6O3. The van der Waals surface area contributed by atoms with Gasteiger partial charge in [-0.1, -0.05) is 12.1 Å². The molecular weight excluding hydrogens is 312 g/mol. The summed E-state index contributed by atoms with van der Waals surface area (Å²) in [5.74, 6) is -0.140. The summed E-state index contributed by atoms with van der Waals surface area (Å²) in [5.41, 5.74) is 0.790. The highest BCUT2D eigenvalue weighted by atomic mass is 16.2. The Morgan fingerprint density at radius 3 is 2.83 bits per heavy atom. The minimum absolute atomic E-state index is 0.191. The van der Waals surface area contributed by atoms with E-state index in [2.05, 4.69) is 25.8 Å². The number of carbonyl (C=O) groups excluding carboxylic acids is 3. The first kappa shape index (κ1) is 15.7. The summed E-state index contributed by atoms with van der Waals surface area (Å²) in [7, 11) is 0. The molecule has 0 saturated carbocycles. The van der Waals surface area contributed by atoms with E-state index in [9.17, 15) is 14.4 Å². The van der Waals surface area contributed by atoms with Gasteiger partial charge >= 0.3 is 6.03 Å². The van der Waals surface area contributed by atoms with Crippen LogP contribution in [0.15, 0.2) is 30.6 Å². The molecule has 3 rings (SSSR count). The van der Waals surface area contributed by atoms with E-state index in [1.165, 1.54) is 11.2 Å². The lowest BCUT2D eigenvalue weighted by atomic mass is 10.1. The molecule has 2 aromatic rings. The fraction of sp³-hybridized carbons (Fsp3) is 0.267. The van der Waals surface area contributed by atoms with Crippen molar-refractivity contribution < 1.29 is 14.4 Å². The number of para-hydroxylation sites is 1. The molecule has 0 spiro atoms. The summed E-state index contributed by atoms with van der Waals surface area (Å²) in [6, 6.07) is 5.84. The zero-order valence-electron chi connectivity index (χ0n) is 12.9. The summed E-state index contributed by atoms with van der Waals surface area (Å²) in [6.45, 7) is 2.00. The summed E-state index contributed by atoms with van der Waals surface area (Å²) < 4.78 is 0. The van der Waals surface area contributed by atoms with Crippen LogP contribution >= 0.6 is 0 Å². The van der Waals surface area contributed by atoms with Crippen molar-refractivity contribution >= 4 is 23.5 Å². The minimum atomic E-state index is -0.533. The number of H-pyrrole nitrogens is 1. The zero-order valence-corrected chi connectivity index (χ0v) is 12.9. The Labute approximate surface area is 137 Å². The lowest BCUT2D eigenvalue weighted by Gasteiger charge is -2.28. The molecule has 9 heteroatoms. The first-order valence-corrected chi connectivity index (χ1v) is 7.43. The first-order chi connectivity index (χ1) is 11.6. The topological polar surface area (TPSA) is 120 Å². The second-order valence-electron chi connectivity index (χ2n) is 5.34. The van der Waals surface area contributed by atoms with Crippen LogP contribution in [0.3, 0.4) is 0 Å². The van der Waals surface area contributed by atoms with Crippen molar-refractivity contribution in [3.8, 4) is 0 Å². The van der Waals surface area contributed by atoms with Gasteiger partial charge in [0.05, 0.1) is 17.3 Å². The van der Waals surface area contributed by atoms with E-state index in [1.807, 2.05) is 0 Å². The molecule has 0 radical (unpaired) electrons. The number of imide groups is 1. The van der Waals surface area contributed by atoms with Crippen molar-refractivity contribution in [2.45, 2.75) is 19.4 Å². The van der Waals surface area contributed by atoms with Gasteiger partial charge in [-0.3, -0.25) is 24.9 Å². The summed E-state index contributed by atoms with van der Waals surface area (Å²) in [5, 5.41) is 11.5. The number of amides is 4. The molecule has 1 atom stereocenters. The molecule has 1 aromatic carbocycles. The van der Waals surface area contributed by atoms with Crippen LogP contribution in [0, 0.1) is 0 Å². The monoisotopic (exact) mass is 328 g/mol. The molecule has 1 aliphatic heterocycles. The van der Waals surface area contributed by atoms with E-state index in [1.54, 1.807) is 31.2 Å². The molecule has 4 amide bonds. The molecule has 0 aliphatic carbocycles. The Hall–Kier alpha value is -3.23. The average molecular weight is 328 g/mol. The highest BCUT2D eigenvalue weighted by molar-refractivity contribution is 6.09. The van der Waals surface area contributed by atoms with Gasteiger partial charge in [-0.15, -0.1) is 0 Å². The number of aromatic nitrogens is 3. The maximum absolute atomic E-state index is 12.6. The number of nitrogens with one attached hydrogen (secondary N) is 3. The molecule has 2 heterocycles. The second kappa shape index (κ2) is 6.49. The van der Waals surface area contributed by atoms with E-state index in [-0.39, 0.29) is 30.8 Å². The standard InChI is InChI=1S/C15H16N6O3/c1-9(13-16-8-17-20-13)18-14(23)10-4-2-3-5-11(10)21-7-6-12(22)19-15(21)24/h2-5,8-9H,6-7H2,1H3,(H,18,23)(H,16,17,20)(H,19,22,24). The molecule has 24 heavy (non-hydrogen) atoms. The van der Waals surface area contributed by atoms with Gasteiger partial charge in [-0.05, 0) is 19.1 Å². The Morgan fingerprint density at radius 2 is 2.12 bits per heavy atom. The number of hydrogen-bond donors (Lipinski definition) is 3. The van der Waals surface area contributed by atoms with Crippen molar-refractivity contribution in [3.05, 3.63) is 42.0 Å². The van der Waals surface area contributed by atoms with Crippen LogP contribution in [0.2, 0.25) is 0 Å². The van der Waals surface area contributed by atoms with Gasteiger partial charge < -0.3 is 5.32 Å². The van der Waals surface area contributed by atoms with E-state index < -0.39 is 6.03 Å². The number of carbonyl (C=O) groups is 3. The Bertz CT molecular complexity index is 773. The van der Waals surface area contributed by atoms with E-state index in [4.69, 9.17) is 0 Å². The molecule has 3 N–H and O–H groups in total. The molecule has 1 aromatic heterocycles. The van der Waals surface area contributed by atoms with Gasteiger partial charge in [0.25, 0.3) is 5.91 Å². The van der Waals surface area contributed by atoms with Crippen molar-refractivity contribution in [2.24, 2.45) is 0 Å². The third-order valence-electron chi connectivity index (χ3n) is 3.68. The van der Waals surface area contributed by atoms with Crippen LogP contribution in [0.25, 0.3) is 0 Å². The van der Waals surface area contributed by atoms with Gasteiger partial charge in [0.15, 0.2) is 0 Å². The normalized spacial score (nSPS) is 15.8. The minimum Gasteiger partial charge on any atom is -0.342 e. The molecule has 1 aliphatic rings. The molecule has 1 fully saturated rings. The maximum atomic E-state index is 12.6. The van der Waals surface area contributed by atoms with Crippen LogP contribution in [-0.2, 0) is 4.79 Å². The number of nitrogens with zero attached hydrogens (tertiary/aromatic N) is 3. The highest BCUT2D eigenvalue weighted by Crippen LogP contribution is 2.23. The Balaban J connectivity index is 1.82. The van der Waals surface area contributed by atoms with Crippen molar-refractivity contribution in [3.63, 3.8) is 0 Å². The molecule has 124 valence electrons. The lowest BCUT2D eigenvalue weighted by Crippen LogP contribution is -2.50. The van der Waals surface area contributed by atoms with Crippen LogP contribution in [0.4, 0.5) is 10.5 Å².